The Hall–Kier alpha value is -3.54. The highest BCUT2D eigenvalue weighted by atomic mass is 28.3. The van der Waals surface area contributed by atoms with Crippen molar-refractivity contribution in [2.45, 2.75) is 88.8 Å². The third-order valence-corrected chi connectivity index (χ3v) is 15.0. The number of aliphatic hydroxyl groups excluding tert-OH is 1. The van der Waals surface area contributed by atoms with Crippen molar-refractivity contribution in [3.05, 3.63) is 59.9 Å². The van der Waals surface area contributed by atoms with Crippen molar-refractivity contribution >= 4 is 36.4 Å². The number of nitrogens with zero attached hydrogens (tertiary/aromatic N) is 5. The minimum absolute atomic E-state index is 0.0221. The predicted molar refractivity (Wildman–Crippen MR) is 180 cm³/mol. The van der Waals surface area contributed by atoms with Crippen LogP contribution in [0.3, 0.4) is 0 Å². The van der Waals surface area contributed by atoms with E-state index < -0.39 is 13.7 Å². The molecule has 2 aromatic carbocycles. The smallest absolute Gasteiger partial charge is 0.264 e. The molecule has 1 N–H and O–H groups in total. The number of aryl methyl sites for hydroxylation is 1. The molecule has 246 valence electrons. The molecule has 2 fully saturated rings. The zero-order chi connectivity index (χ0) is 32.6. The number of anilines is 2. The number of hydrogen-bond donors (Lipinski definition) is 1. The first-order valence-corrected chi connectivity index (χ1v) is 19.7. The largest absolute Gasteiger partial charge is 0.497 e. The lowest BCUT2D eigenvalue weighted by Crippen LogP contribution is -2.51. The molecule has 0 bridgehead atoms. The topological polar surface area (TPSA) is 110 Å². The van der Waals surface area contributed by atoms with Crippen molar-refractivity contribution in [1.82, 2.24) is 15.0 Å². The van der Waals surface area contributed by atoms with Gasteiger partial charge in [0.1, 0.15) is 5.75 Å². The first kappa shape index (κ1) is 32.4. The minimum atomic E-state index is -2.28. The van der Waals surface area contributed by atoms with Gasteiger partial charge in [-0.15, -0.1) is 5.10 Å². The van der Waals surface area contributed by atoms with E-state index >= 15 is 0 Å². The van der Waals surface area contributed by atoms with Gasteiger partial charge in [-0.1, -0.05) is 55.4 Å². The van der Waals surface area contributed by atoms with Crippen molar-refractivity contribution in [2.75, 3.05) is 37.1 Å². The van der Waals surface area contributed by atoms with Gasteiger partial charge in [-0.3, -0.25) is 14.3 Å². The SMILES string of the molecule is COc1ccc([Si](C)(C)[C@H]2[C@H](CCn3cc(CCO)nn3)O[C@@]3(C(=O)N(C)c4ccc(N5CCCCCCC5=O)cc43)[C@@H]2C)cc1. The van der Waals surface area contributed by atoms with Gasteiger partial charge in [0.05, 0.1) is 32.7 Å². The third kappa shape index (κ3) is 5.56. The molecule has 3 aliphatic rings. The number of methoxy groups -OCH3 is 1. The number of hydrogen-bond acceptors (Lipinski definition) is 7. The van der Waals surface area contributed by atoms with Gasteiger partial charge in [0.2, 0.25) is 5.91 Å². The molecule has 2 amide bonds. The quantitative estimate of drug-likeness (QED) is 0.344. The van der Waals surface area contributed by atoms with E-state index in [0.29, 0.717) is 32.4 Å². The summed E-state index contributed by atoms with van der Waals surface area (Å²) in [6.07, 6.45) is 7.39. The number of benzene rings is 2. The van der Waals surface area contributed by atoms with Crippen LogP contribution in [0.4, 0.5) is 11.4 Å². The molecule has 46 heavy (non-hydrogen) atoms. The summed E-state index contributed by atoms with van der Waals surface area (Å²) < 4.78 is 14.5. The predicted octanol–water partition coefficient (Wildman–Crippen LogP) is 4.40. The Morgan fingerprint density at radius 2 is 1.85 bits per heavy atom. The molecular formula is C35H47N5O5Si. The van der Waals surface area contributed by atoms with Crippen LogP contribution in [-0.4, -0.2) is 73.4 Å². The third-order valence-electron chi connectivity index (χ3n) is 10.7. The van der Waals surface area contributed by atoms with Crippen LogP contribution in [0.5, 0.6) is 5.75 Å². The molecule has 4 atom stereocenters. The standard InChI is InChI=1S/C35H47N5O5Si/c1-24-33(46(4,5)28-14-12-27(44-3)13-15-28)31(17-20-39-23-25(18-21-41)36-37-39)45-35(24)29-22-26(11-16-30(29)38(2)34(35)43)40-19-9-7-6-8-10-32(40)42/h11-16,22-24,31,33,41H,6-10,17-21H2,1-5H3/t24-,31+,33-,35+/m1/s1. The summed E-state index contributed by atoms with van der Waals surface area (Å²) in [4.78, 5) is 31.4. The van der Waals surface area contributed by atoms with Crippen molar-refractivity contribution in [3.8, 4) is 5.75 Å². The van der Waals surface area contributed by atoms with Gasteiger partial charge in [0.15, 0.2) is 5.60 Å². The average Bonchev–Trinajstić information content (AvgIpc) is 3.68. The maximum absolute atomic E-state index is 14.5. The minimum Gasteiger partial charge on any atom is -0.497 e. The molecule has 3 aromatic rings. The maximum atomic E-state index is 14.5. The molecule has 0 aliphatic carbocycles. The number of likely N-dealkylation sites (N-methyl/N-ethyl adjacent to an activating group) is 1. The number of aromatic nitrogens is 3. The molecule has 0 saturated carbocycles. The number of rotatable bonds is 9. The Labute approximate surface area is 272 Å². The second-order valence-electron chi connectivity index (χ2n) is 13.7. The Kier molecular flexibility index (Phi) is 9.10. The Morgan fingerprint density at radius 1 is 1.09 bits per heavy atom. The fourth-order valence-electron chi connectivity index (χ4n) is 8.21. The van der Waals surface area contributed by atoms with Crippen LogP contribution in [-0.2, 0) is 32.9 Å². The molecule has 11 heteroatoms. The van der Waals surface area contributed by atoms with Crippen LogP contribution < -0.4 is 19.7 Å². The van der Waals surface area contributed by atoms with E-state index in [1.807, 2.05) is 47.1 Å². The number of carbonyl (C=O) groups excluding carboxylic acids is 2. The van der Waals surface area contributed by atoms with Crippen LogP contribution in [0, 0.1) is 5.92 Å². The first-order chi connectivity index (χ1) is 22.1. The molecule has 0 radical (unpaired) electrons. The molecule has 10 nitrogen and oxygen atoms in total. The van der Waals surface area contributed by atoms with Crippen LogP contribution in [0.25, 0.3) is 0 Å². The molecule has 6 rings (SSSR count). The Morgan fingerprint density at radius 3 is 2.59 bits per heavy atom. The van der Waals surface area contributed by atoms with E-state index in [9.17, 15) is 14.7 Å². The molecule has 1 aromatic heterocycles. The van der Waals surface area contributed by atoms with Crippen molar-refractivity contribution in [3.63, 3.8) is 0 Å². The lowest BCUT2D eigenvalue weighted by molar-refractivity contribution is -0.145. The van der Waals surface area contributed by atoms with Crippen LogP contribution in [0.1, 0.15) is 56.7 Å². The summed E-state index contributed by atoms with van der Waals surface area (Å²) in [6, 6.07) is 14.4. The average molecular weight is 646 g/mol. The lowest BCUT2D eigenvalue weighted by Gasteiger charge is -2.37. The van der Waals surface area contributed by atoms with Gasteiger partial charge < -0.3 is 24.4 Å². The summed E-state index contributed by atoms with van der Waals surface area (Å²) in [5, 5.41) is 19.1. The van der Waals surface area contributed by atoms with E-state index in [0.717, 1.165) is 54.1 Å². The van der Waals surface area contributed by atoms with Gasteiger partial charge in [0, 0.05) is 63.0 Å². The Bertz CT molecular complexity index is 1580. The van der Waals surface area contributed by atoms with Crippen LogP contribution >= 0.6 is 0 Å². The fraction of sp³-hybridized carbons (Fsp3) is 0.543. The van der Waals surface area contributed by atoms with Crippen molar-refractivity contribution in [2.24, 2.45) is 5.92 Å². The summed E-state index contributed by atoms with van der Waals surface area (Å²) in [5.41, 5.74) is 2.22. The zero-order valence-corrected chi connectivity index (χ0v) is 28.7. The second kappa shape index (κ2) is 12.9. The number of fused-ring (bicyclic) bond motifs is 2. The number of ether oxygens (including phenoxy) is 2. The summed E-state index contributed by atoms with van der Waals surface area (Å²) in [7, 11) is 1.22. The second-order valence-corrected chi connectivity index (χ2v) is 18.4. The van der Waals surface area contributed by atoms with E-state index in [1.165, 1.54) is 5.19 Å². The maximum Gasteiger partial charge on any atom is 0.264 e. The van der Waals surface area contributed by atoms with E-state index in [2.05, 4.69) is 48.5 Å². The first-order valence-electron chi connectivity index (χ1n) is 16.7. The summed E-state index contributed by atoms with van der Waals surface area (Å²) in [6.45, 7) is 8.22. The zero-order valence-electron chi connectivity index (χ0n) is 27.7. The van der Waals surface area contributed by atoms with Gasteiger partial charge in [-0.25, -0.2) is 0 Å². The highest BCUT2D eigenvalue weighted by Crippen LogP contribution is 2.60. The monoisotopic (exact) mass is 645 g/mol. The highest BCUT2D eigenvalue weighted by molar-refractivity contribution is 6.91. The molecule has 4 heterocycles. The summed E-state index contributed by atoms with van der Waals surface area (Å²) in [5.74, 6) is 0.777. The molecular weight excluding hydrogens is 599 g/mol. The van der Waals surface area contributed by atoms with E-state index in [4.69, 9.17) is 9.47 Å². The highest BCUT2D eigenvalue weighted by Gasteiger charge is 2.65. The van der Waals surface area contributed by atoms with Gasteiger partial charge in [0.25, 0.3) is 5.91 Å². The number of aliphatic hydroxyl groups is 1. The summed E-state index contributed by atoms with van der Waals surface area (Å²) >= 11 is 0. The molecule has 1 spiro atoms. The van der Waals surface area contributed by atoms with Gasteiger partial charge in [-0.2, -0.15) is 0 Å². The lowest BCUT2D eigenvalue weighted by atomic mass is 9.82. The molecule has 2 saturated heterocycles. The normalized spacial score (nSPS) is 25.2. The number of amides is 2. The van der Waals surface area contributed by atoms with E-state index in [-0.39, 0.29) is 36.0 Å². The number of carbonyl (C=O) groups is 2. The van der Waals surface area contributed by atoms with Gasteiger partial charge >= 0.3 is 0 Å². The van der Waals surface area contributed by atoms with Gasteiger partial charge in [-0.05, 0) is 55.1 Å². The fourth-order valence-corrected chi connectivity index (χ4v) is 12.3. The molecule has 3 aliphatic heterocycles. The van der Waals surface area contributed by atoms with Crippen molar-refractivity contribution < 1.29 is 24.2 Å². The van der Waals surface area contributed by atoms with E-state index in [1.54, 1.807) is 12.0 Å². The molecule has 0 unspecified atom stereocenters. The van der Waals surface area contributed by atoms with Crippen LogP contribution in [0.15, 0.2) is 48.7 Å². The Balaban J connectivity index is 1.41. The van der Waals surface area contributed by atoms with Crippen LogP contribution in [0.2, 0.25) is 18.6 Å². The van der Waals surface area contributed by atoms with Crippen molar-refractivity contribution in [1.29, 1.82) is 0 Å².